The first kappa shape index (κ1) is 20.6. The van der Waals surface area contributed by atoms with Crippen molar-refractivity contribution in [1.82, 2.24) is 15.3 Å². The van der Waals surface area contributed by atoms with Crippen molar-refractivity contribution in [2.75, 3.05) is 30.9 Å². The Labute approximate surface area is 179 Å². The molecule has 30 heavy (non-hydrogen) atoms. The Morgan fingerprint density at radius 2 is 1.67 bits per heavy atom. The molecule has 0 saturated heterocycles. The van der Waals surface area contributed by atoms with E-state index in [2.05, 4.69) is 58.9 Å². The fourth-order valence-corrected chi connectivity index (χ4v) is 4.29. The van der Waals surface area contributed by atoms with Crippen LogP contribution in [0.5, 0.6) is 0 Å². The van der Waals surface area contributed by atoms with Crippen LogP contribution in [0.3, 0.4) is 0 Å². The SMILES string of the molecule is Cc1ccc(CNC[C@H]2CC[C@@H](Nc3nc(N(C)C)c4ccccc4n3)CC2)cc1. The summed E-state index contributed by atoms with van der Waals surface area (Å²) in [4.78, 5) is 11.6. The monoisotopic (exact) mass is 403 g/mol. The number of aryl methyl sites for hydroxylation is 1. The highest BCUT2D eigenvalue weighted by molar-refractivity contribution is 5.90. The molecule has 2 N–H and O–H groups in total. The van der Waals surface area contributed by atoms with E-state index < -0.39 is 0 Å². The van der Waals surface area contributed by atoms with E-state index in [0.717, 1.165) is 41.7 Å². The Kier molecular flexibility index (Phi) is 6.48. The summed E-state index contributed by atoms with van der Waals surface area (Å²) >= 11 is 0. The molecule has 1 heterocycles. The number of rotatable bonds is 7. The highest BCUT2D eigenvalue weighted by atomic mass is 15.2. The quantitative estimate of drug-likeness (QED) is 0.595. The van der Waals surface area contributed by atoms with Gasteiger partial charge in [0.1, 0.15) is 5.82 Å². The number of benzene rings is 2. The van der Waals surface area contributed by atoms with Gasteiger partial charge in [0.05, 0.1) is 5.52 Å². The third-order valence-corrected chi connectivity index (χ3v) is 6.07. The van der Waals surface area contributed by atoms with Gasteiger partial charge in [-0.15, -0.1) is 0 Å². The maximum absolute atomic E-state index is 4.79. The van der Waals surface area contributed by atoms with Crippen molar-refractivity contribution in [2.24, 2.45) is 5.92 Å². The molecule has 1 aliphatic carbocycles. The van der Waals surface area contributed by atoms with E-state index in [1.807, 2.05) is 26.2 Å². The van der Waals surface area contributed by atoms with Crippen molar-refractivity contribution in [2.45, 2.75) is 45.2 Å². The van der Waals surface area contributed by atoms with E-state index in [4.69, 9.17) is 9.97 Å². The molecule has 0 atom stereocenters. The van der Waals surface area contributed by atoms with Crippen LogP contribution in [0.4, 0.5) is 11.8 Å². The molecule has 0 aliphatic heterocycles. The van der Waals surface area contributed by atoms with E-state index >= 15 is 0 Å². The third kappa shape index (κ3) is 5.08. The minimum atomic E-state index is 0.453. The summed E-state index contributed by atoms with van der Waals surface area (Å²) in [5.74, 6) is 2.47. The fraction of sp³-hybridized carbons (Fsp3) is 0.440. The molecule has 0 bridgehead atoms. The predicted molar refractivity (Wildman–Crippen MR) is 126 cm³/mol. The lowest BCUT2D eigenvalue weighted by molar-refractivity contribution is 0.324. The second-order valence-corrected chi connectivity index (χ2v) is 8.76. The molecule has 4 rings (SSSR count). The second-order valence-electron chi connectivity index (χ2n) is 8.76. The molecule has 158 valence electrons. The Bertz CT molecular complexity index is 959. The van der Waals surface area contributed by atoms with Crippen molar-refractivity contribution in [3.63, 3.8) is 0 Å². The highest BCUT2D eigenvalue weighted by Crippen LogP contribution is 2.28. The van der Waals surface area contributed by atoms with Crippen LogP contribution < -0.4 is 15.5 Å². The lowest BCUT2D eigenvalue weighted by Gasteiger charge is -2.29. The van der Waals surface area contributed by atoms with Gasteiger partial charge < -0.3 is 15.5 Å². The maximum atomic E-state index is 4.79. The first-order valence-electron chi connectivity index (χ1n) is 11.1. The van der Waals surface area contributed by atoms with Crippen LogP contribution in [0, 0.1) is 12.8 Å². The molecular formula is C25H33N5. The van der Waals surface area contributed by atoms with E-state index in [1.54, 1.807) is 0 Å². The first-order chi connectivity index (χ1) is 14.6. The zero-order valence-electron chi connectivity index (χ0n) is 18.4. The maximum Gasteiger partial charge on any atom is 0.225 e. The summed E-state index contributed by atoms with van der Waals surface area (Å²) < 4.78 is 0. The molecule has 0 amide bonds. The van der Waals surface area contributed by atoms with Crippen LogP contribution in [0.15, 0.2) is 48.5 Å². The van der Waals surface area contributed by atoms with E-state index in [9.17, 15) is 0 Å². The minimum Gasteiger partial charge on any atom is -0.362 e. The Morgan fingerprint density at radius 1 is 0.933 bits per heavy atom. The molecule has 5 heteroatoms. The molecular weight excluding hydrogens is 370 g/mol. The van der Waals surface area contributed by atoms with Gasteiger partial charge >= 0.3 is 0 Å². The molecule has 1 aliphatic rings. The van der Waals surface area contributed by atoms with Gasteiger partial charge in [-0.25, -0.2) is 4.98 Å². The van der Waals surface area contributed by atoms with Crippen molar-refractivity contribution in [3.8, 4) is 0 Å². The summed E-state index contributed by atoms with van der Waals surface area (Å²) in [5.41, 5.74) is 3.67. The predicted octanol–water partition coefficient (Wildman–Crippen LogP) is 4.76. The summed E-state index contributed by atoms with van der Waals surface area (Å²) in [6, 6.07) is 17.5. The van der Waals surface area contributed by atoms with E-state index in [-0.39, 0.29) is 0 Å². The standard InChI is InChI=1S/C25H33N5/c1-18-8-10-19(11-9-18)16-26-17-20-12-14-21(15-13-20)27-25-28-23-7-5-4-6-22(23)24(29-25)30(2)3/h4-11,20-21,26H,12-17H2,1-3H3,(H,27,28,29)/t20-,21+. The van der Waals surface area contributed by atoms with Crippen molar-refractivity contribution in [1.29, 1.82) is 0 Å². The largest absolute Gasteiger partial charge is 0.362 e. The second kappa shape index (κ2) is 9.43. The molecule has 0 unspecified atom stereocenters. The minimum absolute atomic E-state index is 0.453. The topological polar surface area (TPSA) is 53.1 Å². The van der Waals surface area contributed by atoms with Crippen LogP contribution in [-0.2, 0) is 6.54 Å². The van der Waals surface area contributed by atoms with Gasteiger partial charge in [-0.2, -0.15) is 4.98 Å². The molecule has 1 aromatic heterocycles. The Balaban J connectivity index is 1.29. The van der Waals surface area contributed by atoms with Crippen LogP contribution in [0.2, 0.25) is 0 Å². The van der Waals surface area contributed by atoms with Gasteiger partial charge in [0.2, 0.25) is 5.95 Å². The van der Waals surface area contributed by atoms with Crippen molar-refractivity contribution < 1.29 is 0 Å². The van der Waals surface area contributed by atoms with Gasteiger partial charge in [-0.1, -0.05) is 42.0 Å². The lowest BCUT2D eigenvalue weighted by atomic mass is 9.86. The van der Waals surface area contributed by atoms with Gasteiger partial charge in [-0.3, -0.25) is 0 Å². The van der Waals surface area contributed by atoms with Gasteiger partial charge in [0.15, 0.2) is 0 Å². The van der Waals surface area contributed by atoms with E-state index in [1.165, 1.54) is 36.8 Å². The molecule has 5 nitrogen and oxygen atoms in total. The lowest BCUT2D eigenvalue weighted by Crippen LogP contribution is -2.31. The Hall–Kier alpha value is -2.66. The van der Waals surface area contributed by atoms with Crippen LogP contribution in [0.1, 0.15) is 36.8 Å². The zero-order chi connectivity index (χ0) is 20.9. The van der Waals surface area contributed by atoms with Gasteiger partial charge in [-0.05, 0) is 62.8 Å². The average molecular weight is 404 g/mol. The zero-order valence-corrected chi connectivity index (χ0v) is 18.4. The number of anilines is 2. The number of para-hydroxylation sites is 1. The molecule has 3 aromatic rings. The molecule has 2 aromatic carbocycles. The highest BCUT2D eigenvalue weighted by Gasteiger charge is 2.22. The van der Waals surface area contributed by atoms with Crippen LogP contribution >= 0.6 is 0 Å². The molecule has 1 saturated carbocycles. The number of nitrogens with one attached hydrogen (secondary N) is 2. The Morgan fingerprint density at radius 3 is 2.40 bits per heavy atom. The number of hydrogen-bond donors (Lipinski definition) is 2. The number of aromatic nitrogens is 2. The third-order valence-electron chi connectivity index (χ3n) is 6.07. The summed E-state index contributed by atoms with van der Waals surface area (Å²) in [7, 11) is 4.07. The van der Waals surface area contributed by atoms with E-state index in [0.29, 0.717) is 6.04 Å². The van der Waals surface area contributed by atoms with Crippen molar-refractivity contribution in [3.05, 3.63) is 59.7 Å². The van der Waals surface area contributed by atoms with Gasteiger partial charge in [0, 0.05) is 32.1 Å². The average Bonchev–Trinajstić information content (AvgIpc) is 2.76. The molecule has 0 spiro atoms. The number of nitrogens with zero attached hydrogens (tertiary/aromatic N) is 3. The number of hydrogen-bond acceptors (Lipinski definition) is 5. The molecule has 0 radical (unpaired) electrons. The number of fused-ring (bicyclic) bond motifs is 1. The summed E-state index contributed by atoms with van der Waals surface area (Å²) in [6.45, 7) is 4.18. The van der Waals surface area contributed by atoms with Crippen LogP contribution in [-0.4, -0.2) is 36.6 Å². The molecule has 1 fully saturated rings. The van der Waals surface area contributed by atoms with Gasteiger partial charge in [0.25, 0.3) is 0 Å². The van der Waals surface area contributed by atoms with Crippen LogP contribution in [0.25, 0.3) is 10.9 Å². The van der Waals surface area contributed by atoms with Crippen molar-refractivity contribution >= 4 is 22.7 Å². The fourth-order valence-electron chi connectivity index (χ4n) is 4.29. The summed E-state index contributed by atoms with van der Waals surface area (Å²) in [5, 5.41) is 8.35. The normalized spacial score (nSPS) is 19.0. The first-order valence-corrected chi connectivity index (χ1v) is 11.1. The summed E-state index contributed by atoms with van der Waals surface area (Å²) in [6.07, 6.45) is 4.83. The smallest absolute Gasteiger partial charge is 0.225 e.